The van der Waals surface area contributed by atoms with Crippen molar-refractivity contribution in [3.05, 3.63) is 23.3 Å². The number of rotatable bonds is 5. The Labute approximate surface area is 174 Å². The van der Waals surface area contributed by atoms with E-state index in [0.717, 1.165) is 50.0 Å². The van der Waals surface area contributed by atoms with Crippen LogP contribution in [0.4, 0.5) is 0 Å². The predicted molar refractivity (Wildman–Crippen MR) is 112 cm³/mol. The molecule has 1 saturated carbocycles. The average Bonchev–Trinajstić information content (AvgIpc) is 2.76. The zero-order valence-corrected chi connectivity index (χ0v) is 18.3. The maximum atomic E-state index is 13.3. The van der Waals surface area contributed by atoms with Gasteiger partial charge in [-0.3, -0.25) is 9.69 Å². The maximum absolute atomic E-state index is 13.3. The lowest BCUT2D eigenvalue weighted by Gasteiger charge is -2.43. The smallest absolute Gasteiger partial charge is 0.240 e. The monoisotopic (exact) mass is 399 g/mol. The quantitative estimate of drug-likeness (QED) is 0.759. The highest BCUT2D eigenvalue weighted by Gasteiger charge is 2.42. The second-order valence-electron chi connectivity index (χ2n) is 8.60. The van der Waals surface area contributed by atoms with Crippen molar-refractivity contribution in [1.82, 2.24) is 9.80 Å². The van der Waals surface area contributed by atoms with Gasteiger partial charge in [-0.2, -0.15) is 5.26 Å². The highest BCUT2D eigenvalue weighted by molar-refractivity contribution is 5.82. The van der Waals surface area contributed by atoms with Crippen LogP contribution in [-0.4, -0.2) is 55.1 Å². The van der Waals surface area contributed by atoms with Crippen molar-refractivity contribution < 1.29 is 14.3 Å². The Kier molecular flexibility index (Phi) is 6.38. The van der Waals surface area contributed by atoms with Gasteiger partial charge in [-0.1, -0.05) is 6.92 Å². The van der Waals surface area contributed by atoms with Crippen LogP contribution in [0, 0.1) is 17.2 Å². The summed E-state index contributed by atoms with van der Waals surface area (Å²) in [6.45, 7) is 5.67. The van der Waals surface area contributed by atoms with Crippen LogP contribution in [0.2, 0.25) is 0 Å². The number of amides is 1. The maximum Gasteiger partial charge on any atom is 0.240 e. The van der Waals surface area contributed by atoms with E-state index in [1.807, 2.05) is 26.1 Å². The van der Waals surface area contributed by atoms with Gasteiger partial charge in [-0.05, 0) is 68.2 Å². The Morgan fingerprint density at radius 3 is 2.38 bits per heavy atom. The molecule has 0 N–H and O–H groups in total. The van der Waals surface area contributed by atoms with E-state index < -0.39 is 5.54 Å². The molecule has 0 radical (unpaired) electrons. The van der Waals surface area contributed by atoms with Crippen LogP contribution in [0.5, 0.6) is 11.5 Å². The second-order valence-corrected chi connectivity index (χ2v) is 8.60. The Morgan fingerprint density at radius 1 is 1.24 bits per heavy atom. The largest absolute Gasteiger partial charge is 0.493 e. The zero-order chi connectivity index (χ0) is 21.2. The van der Waals surface area contributed by atoms with Crippen LogP contribution in [0.15, 0.2) is 12.1 Å². The lowest BCUT2D eigenvalue weighted by molar-refractivity contribution is -0.140. The van der Waals surface area contributed by atoms with E-state index in [9.17, 15) is 10.1 Å². The molecule has 0 bridgehead atoms. The molecule has 3 rings (SSSR count). The number of nitriles is 1. The number of fused-ring (bicyclic) bond motifs is 1. The molecule has 1 aliphatic heterocycles. The van der Waals surface area contributed by atoms with Crippen molar-refractivity contribution in [3.8, 4) is 17.6 Å². The van der Waals surface area contributed by atoms with Crippen LogP contribution in [0.3, 0.4) is 0 Å². The summed E-state index contributed by atoms with van der Waals surface area (Å²) in [5.41, 5.74) is 1.74. The molecule has 0 aromatic heterocycles. The van der Waals surface area contributed by atoms with E-state index in [2.05, 4.69) is 17.9 Å². The summed E-state index contributed by atoms with van der Waals surface area (Å²) < 4.78 is 10.9. The van der Waals surface area contributed by atoms with E-state index in [0.29, 0.717) is 18.2 Å². The number of benzene rings is 1. The highest BCUT2D eigenvalue weighted by Crippen LogP contribution is 2.37. The van der Waals surface area contributed by atoms with Gasteiger partial charge in [0, 0.05) is 20.1 Å². The fourth-order valence-corrected chi connectivity index (χ4v) is 4.64. The van der Waals surface area contributed by atoms with Crippen LogP contribution < -0.4 is 9.47 Å². The lowest BCUT2D eigenvalue weighted by Crippen LogP contribution is -2.56. The number of carbonyl (C=O) groups is 1. The Hall–Kier alpha value is -2.26. The molecule has 158 valence electrons. The third-order valence-electron chi connectivity index (χ3n) is 6.93. The number of methoxy groups -OCH3 is 2. The molecule has 6 heteroatoms. The van der Waals surface area contributed by atoms with Gasteiger partial charge in [0.2, 0.25) is 5.91 Å². The summed E-state index contributed by atoms with van der Waals surface area (Å²) in [5.74, 6) is 2.11. The number of carbonyl (C=O) groups excluding carboxylic acids is 1. The normalized spacial score (nSPS) is 25.4. The second kappa shape index (κ2) is 8.62. The summed E-state index contributed by atoms with van der Waals surface area (Å²) >= 11 is 0. The molecule has 1 fully saturated rings. The molecule has 1 amide bonds. The Morgan fingerprint density at radius 2 is 1.83 bits per heavy atom. The first-order valence-electron chi connectivity index (χ1n) is 10.5. The van der Waals surface area contributed by atoms with Gasteiger partial charge in [-0.25, -0.2) is 0 Å². The fraction of sp³-hybridized carbons (Fsp3) is 0.652. The predicted octanol–water partition coefficient (Wildman–Crippen LogP) is 3.38. The van der Waals surface area contributed by atoms with Gasteiger partial charge >= 0.3 is 0 Å². The van der Waals surface area contributed by atoms with Gasteiger partial charge in [0.1, 0.15) is 5.54 Å². The minimum Gasteiger partial charge on any atom is -0.493 e. The lowest BCUT2D eigenvalue weighted by atomic mass is 9.77. The van der Waals surface area contributed by atoms with Crippen molar-refractivity contribution in [2.45, 2.75) is 64.1 Å². The highest BCUT2D eigenvalue weighted by atomic mass is 16.5. The summed E-state index contributed by atoms with van der Waals surface area (Å²) in [6.07, 6.45) is 4.38. The van der Waals surface area contributed by atoms with E-state index >= 15 is 0 Å². The van der Waals surface area contributed by atoms with Gasteiger partial charge < -0.3 is 14.4 Å². The molecule has 29 heavy (non-hydrogen) atoms. The topological polar surface area (TPSA) is 65.8 Å². The first-order chi connectivity index (χ1) is 13.8. The van der Waals surface area contributed by atoms with Crippen molar-refractivity contribution in [3.63, 3.8) is 0 Å². The number of hydrogen-bond acceptors (Lipinski definition) is 5. The minimum atomic E-state index is -0.665. The van der Waals surface area contributed by atoms with E-state index in [-0.39, 0.29) is 11.9 Å². The number of hydrogen-bond donors (Lipinski definition) is 0. The van der Waals surface area contributed by atoms with Crippen molar-refractivity contribution in [1.29, 1.82) is 5.26 Å². The molecule has 1 heterocycles. The zero-order valence-electron chi connectivity index (χ0n) is 18.3. The molecular weight excluding hydrogens is 366 g/mol. The molecule has 1 aromatic carbocycles. The van der Waals surface area contributed by atoms with Gasteiger partial charge in [0.05, 0.1) is 26.3 Å². The molecule has 0 spiro atoms. The van der Waals surface area contributed by atoms with Crippen LogP contribution in [-0.2, 0) is 17.8 Å². The Bertz CT molecular complexity index is 793. The number of likely N-dealkylation sites (N-methyl/N-ethyl adjacent to an activating group) is 1. The van der Waals surface area contributed by atoms with Crippen molar-refractivity contribution in [2.24, 2.45) is 5.92 Å². The third-order valence-corrected chi connectivity index (χ3v) is 6.93. The molecule has 1 aliphatic carbocycles. The summed E-state index contributed by atoms with van der Waals surface area (Å²) in [7, 11) is 5.09. The average molecular weight is 400 g/mol. The minimum absolute atomic E-state index is 0.0324. The molecular formula is C23H33N3O3. The van der Waals surface area contributed by atoms with Gasteiger partial charge in [0.25, 0.3) is 0 Å². The number of ether oxygens (including phenoxy) is 2. The van der Waals surface area contributed by atoms with Gasteiger partial charge in [0.15, 0.2) is 11.5 Å². The Balaban J connectivity index is 1.75. The standard InChI is InChI=1S/C23H33N3O3/c1-16-6-9-23(15-24,10-7-16)25(3)22(27)17(2)26-11-8-18-12-20(28-4)21(29-5)13-19(18)14-26/h12-13,16-17H,6-11,14H2,1-5H3. The van der Waals surface area contributed by atoms with E-state index in [1.54, 1.807) is 19.1 Å². The van der Waals surface area contributed by atoms with Crippen molar-refractivity contribution >= 4 is 5.91 Å². The van der Waals surface area contributed by atoms with E-state index in [1.165, 1.54) is 5.56 Å². The van der Waals surface area contributed by atoms with Crippen LogP contribution in [0.25, 0.3) is 0 Å². The van der Waals surface area contributed by atoms with Crippen LogP contribution >= 0.6 is 0 Å². The third kappa shape index (κ3) is 4.06. The van der Waals surface area contributed by atoms with Crippen LogP contribution in [0.1, 0.15) is 50.7 Å². The first kappa shape index (κ1) is 21.4. The molecule has 1 unspecified atom stereocenters. The first-order valence-corrected chi connectivity index (χ1v) is 10.5. The SMILES string of the molecule is COc1cc2c(cc1OC)CN(C(C)C(=O)N(C)C1(C#N)CCC(C)CC1)CC2. The summed E-state index contributed by atoms with van der Waals surface area (Å²) in [5, 5.41) is 9.89. The molecule has 1 aromatic rings. The summed E-state index contributed by atoms with van der Waals surface area (Å²) in [4.78, 5) is 17.2. The van der Waals surface area contributed by atoms with Crippen molar-refractivity contribution in [2.75, 3.05) is 27.8 Å². The molecule has 2 aliphatic rings. The molecule has 1 atom stereocenters. The molecule has 6 nitrogen and oxygen atoms in total. The molecule has 0 saturated heterocycles. The summed E-state index contributed by atoms with van der Waals surface area (Å²) in [6, 6.07) is 6.26. The number of nitrogens with zero attached hydrogens (tertiary/aromatic N) is 3. The fourth-order valence-electron chi connectivity index (χ4n) is 4.64. The van der Waals surface area contributed by atoms with Gasteiger partial charge in [-0.15, -0.1) is 0 Å². The van der Waals surface area contributed by atoms with E-state index in [4.69, 9.17) is 9.47 Å².